The molecule has 0 unspecified atom stereocenters. The highest BCUT2D eigenvalue weighted by Gasteiger charge is 2.12. The maximum Gasteiger partial charge on any atom is 0.257 e. The van der Waals surface area contributed by atoms with Crippen molar-refractivity contribution in [3.05, 3.63) is 46.7 Å². The number of benzene rings is 1. The first-order valence-electron chi connectivity index (χ1n) is 5.46. The number of nitrogens with one attached hydrogen (secondary N) is 1. The number of anilines is 2. The zero-order chi connectivity index (χ0) is 13.8. The highest BCUT2D eigenvalue weighted by Crippen LogP contribution is 2.28. The molecular weight excluding hydrogens is 310 g/mol. The summed E-state index contributed by atoms with van der Waals surface area (Å²) in [4.78, 5) is 16.0. The van der Waals surface area contributed by atoms with Gasteiger partial charge in [-0.1, -0.05) is 15.9 Å². The number of hydrogen-bond donors (Lipinski definition) is 2. The second-order valence-electron chi connectivity index (χ2n) is 3.76. The Kier molecular flexibility index (Phi) is 4.01. The Morgan fingerprint density at radius 3 is 2.89 bits per heavy atom. The van der Waals surface area contributed by atoms with Crippen molar-refractivity contribution in [2.75, 3.05) is 18.2 Å². The van der Waals surface area contributed by atoms with E-state index in [1.807, 2.05) is 6.07 Å². The molecule has 1 amide bonds. The van der Waals surface area contributed by atoms with Crippen LogP contribution in [0.4, 0.5) is 11.4 Å². The number of aromatic nitrogens is 1. The molecule has 0 atom stereocenters. The largest absolute Gasteiger partial charge is 0.495 e. The highest BCUT2D eigenvalue weighted by molar-refractivity contribution is 9.10. The van der Waals surface area contributed by atoms with Crippen molar-refractivity contribution in [1.82, 2.24) is 4.98 Å². The first-order chi connectivity index (χ1) is 9.11. The predicted molar refractivity (Wildman–Crippen MR) is 77.3 cm³/mol. The van der Waals surface area contributed by atoms with Crippen LogP contribution in [0.5, 0.6) is 5.75 Å². The van der Waals surface area contributed by atoms with Crippen LogP contribution < -0.4 is 15.8 Å². The van der Waals surface area contributed by atoms with E-state index in [0.29, 0.717) is 22.7 Å². The second-order valence-corrected chi connectivity index (χ2v) is 4.68. The van der Waals surface area contributed by atoms with Crippen LogP contribution in [-0.4, -0.2) is 18.0 Å². The Labute approximate surface area is 118 Å². The molecule has 98 valence electrons. The molecule has 1 aromatic heterocycles. The molecule has 0 radical (unpaired) electrons. The standard InChI is InChI=1S/C13H12BrN3O2/c1-19-12-3-2-8(14)6-11(12)17-13(18)9-4-5-16-7-10(9)15/h2-7H,15H2,1H3,(H,17,18). The predicted octanol–water partition coefficient (Wildman–Crippen LogP) is 2.69. The third kappa shape index (κ3) is 3.03. The second kappa shape index (κ2) is 5.71. The molecule has 0 aliphatic rings. The van der Waals surface area contributed by atoms with Crippen molar-refractivity contribution in [3.8, 4) is 5.75 Å². The van der Waals surface area contributed by atoms with Crippen LogP contribution >= 0.6 is 15.9 Å². The summed E-state index contributed by atoms with van der Waals surface area (Å²) in [6, 6.07) is 6.91. The molecule has 0 saturated heterocycles. The average molecular weight is 322 g/mol. The van der Waals surface area contributed by atoms with Crippen LogP contribution in [0.3, 0.4) is 0 Å². The summed E-state index contributed by atoms with van der Waals surface area (Å²) in [6.07, 6.45) is 2.95. The molecule has 1 aromatic carbocycles. The first kappa shape index (κ1) is 13.4. The number of halogens is 1. The summed E-state index contributed by atoms with van der Waals surface area (Å²) in [5, 5.41) is 2.76. The van der Waals surface area contributed by atoms with Crippen LogP contribution in [0.1, 0.15) is 10.4 Å². The Morgan fingerprint density at radius 1 is 1.42 bits per heavy atom. The van der Waals surface area contributed by atoms with E-state index in [1.54, 1.807) is 25.3 Å². The Hall–Kier alpha value is -2.08. The molecule has 0 aliphatic carbocycles. The molecule has 6 heteroatoms. The fraction of sp³-hybridized carbons (Fsp3) is 0.0769. The molecule has 0 saturated carbocycles. The summed E-state index contributed by atoms with van der Waals surface area (Å²) in [5.41, 5.74) is 6.98. The molecule has 3 N–H and O–H groups in total. The van der Waals surface area contributed by atoms with Crippen LogP contribution in [0.15, 0.2) is 41.1 Å². The minimum absolute atomic E-state index is 0.309. The number of ether oxygens (including phenoxy) is 1. The molecule has 2 aromatic rings. The number of nitrogen functional groups attached to an aromatic ring is 1. The highest BCUT2D eigenvalue weighted by atomic mass is 79.9. The number of rotatable bonds is 3. The minimum atomic E-state index is -0.309. The van der Waals surface area contributed by atoms with Gasteiger partial charge in [-0.15, -0.1) is 0 Å². The molecule has 1 heterocycles. The summed E-state index contributed by atoms with van der Waals surface area (Å²) in [6.45, 7) is 0. The molecule has 0 aliphatic heterocycles. The summed E-state index contributed by atoms with van der Waals surface area (Å²) in [7, 11) is 1.54. The van der Waals surface area contributed by atoms with Crippen molar-refractivity contribution in [3.63, 3.8) is 0 Å². The number of nitrogens with zero attached hydrogens (tertiary/aromatic N) is 1. The van der Waals surface area contributed by atoms with E-state index in [-0.39, 0.29) is 5.91 Å². The van der Waals surface area contributed by atoms with Gasteiger partial charge in [-0.05, 0) is 24.3 Å². The number of nitrogens with two attached hydrogens (primary N) is 1. The van der Waals surface area contributed by atoms with Crippen molar-refractivity contribution in [1.29, 1.82) is 0 Å². The van der Waals surface area contributed by atoms with E-state index in [2.05, 4.69) is 26.2 Å². The van der Waals surface area contributed by atoms with Gasteiger partial charge < -0.3 is 15.8 Å². The molecule has 0 spiro atoms. The fourth-order valence-electron chi connectivity index (χ4n) is 1.58. The zero-order valence-corrected chi connectivity index (χ0v) is 11.8. The number of carbonyl (C=O) groups excluding carboxylic acids is 1. The van der Waals surface area contributed by atoms with Gasteiger partial charge in [0.05, 0.1) is 30.2 Å². The minimum Gasteiger partial charge on any atom is -0.495 e. The first-order valence-corrected chi connectivity index (χ1v) is 6.25. The molecule has 0 fully saturated rings. The quantitative estimate of drug-likeness (QED) is 0.911. The molecule has 2 rings (SSSR count). The van der Waals surface area contributed by atoms with Crippen LogP contribution in [0.25, 0.3) is 0 Å². The molecule has 19 heavy (non-hydrogen) atoms. The topological polar surface area (TPSA) is 77.2 Å². The van der Waals surface area contributed by atoms with Crippen LogP contribution in [0.2, 0.25) is 0 Å². The number of carbonyl (C=O) groups is 1. The van der Waals surface area contributed by atoms with Gasteiger partial charge >= 0.3 is 0 Å². The molecule has 5 nitrogen and oxygen atoms in total. The number of methoxy groups -OCH3 is 1. The van der Waals surface area contributed by atoms with Crippen molar-refractivity contribution in [2.24, 2.45) is 0 Å². The third-order valence-corrected chi connectivity index (χ3v) is 3.00. The van der Waals surface area contributed by atoms with E-state index < -0.39 is 0 Å². The Bertz CT molecular complexity index is 617. The number of pyridine rings is 1. The van der Waals surface area contributed by atoms with Crippen molar-refractivity contribution < 1.29 is 9.53 Å². The van der Waals surface area contributed by atoms with E-state index in [1.165, 1.54) is 12.4 Å². The maximum atomic E-state index is 12.1. The molecular formula is C13H12BrN3O2. The Balaban J connectivity index is 2.29. The lowest BCUT2D eigenvalue weighted by atomic mass is 10.2. The number of amides is 1. The van der Waals surface area contributed by atoms with Crippen LogP contribution in [-0.2, 0) is 0 Å². The summed E-state index contributed by atoms with van der Waals surface area (Å²) < 4.78 is 6.03. The average Bonchev–Trinajstić information content (AvgIpc) is 2.39. The number of hydrogen-bond acceptors (Lipinski definition) is 4. The third-order valence-electron chi connectivity index (χ3n) is 2.51. The van der Waals surface area contributed by atoms with E-state index in [0.717, 1.165) is 4.47 Å². The smallest absolute Gasteiger partial charge is 0.257 e. The lowest BCUT2D eigenvalue weighted by Crippen LogP contribution is -2.14. The molecule has 0 bridgehead atoms. The Morgan fingerprint density at radius 2 is 2.21 bits per heavy atom. The van der Waals surface area contributed by atoms with Crippen molar-refractivity contribution in [2.45, 2.75) is 0 Å². The van der Waals surface area contributed by atoms with Gasteiger partial charge in [0.2, 0.25) is 0 Å². The summed E-state index contributed by atoms with van der Waals surface area (Å²) >= 11 is 3.34. The maximum absolute atomic E-state index is 12.1. The normalized spacial score (nSPS) is 10.0. The van der Waals surface area contributed by atoms with E-state index in [4.69, 9.17) is 10.5 Å². The van der Waals surface area contributed by atoms with Gasteiger partial charge in [0.25, 0.3) is 5.91 Å². The van der Waals surface area contributed by atoms with Crippen LogP contribution in [0, 0.1) is 0 Å². The van der Waals surface area contributed by atoms with Gasteiger partial charge in [0, 0.05) is 10.7 Å². The van der Waals surface area contributed by atoms with Gasteiger partial charge in [-0.3, -0.25) is 9.78 Å². The fourth-order valence-corrected chi connectivity index (χ4v) is 1.94. The van der Waals surface area contributed by atoms with Gasteiger partial charge in [-0.2, -0.15) is 0 Å². The van der Waals surface area contributed by atoms with Gasteiger partial charge in [-0.25, -0.2) is 0 Å². The summed E-state index contributed by atoms with van der Waals surface area (Å²) in [5.74, 6) is 0.264. The van der Waals surface area contributed by atoms with Crippen molar-refractivity contribution >= 4 is 33.2 Å². The lowest BCUT2D eigenvalue weighted by molar-refractivity contribution is 0.102. The van der Waals surface area contributed by atoms with E-state index >= 15 is 0 Å². The zero-order valence-electron chi connectivity index (χ0n) is 10.2. The monoisotopic (exact) mass is 321 g/mol. The van der Waals surface area contributed by atoms with Gasteiger partial charge in [0.1, 0.15) is 5.75 Å². The van der Waals surface area contributed by atoms with E-state index in [9.17, 15) is 4.79 Å². The lowest BCUT2D eigenvalue weighted by Gasteiger charge is -2.11. The van der Waals surface area contributed by atoms with Gasteiger partial charge in [0.15, 0.2) is 0 Å². The SMILES string of the molecule is COc1ccc(Br)cc1NC(=O)c1ccncc1N.